The van der Waals surface area contributed by atoms with E-state index in [1.165, 1.54) is 18.2 Å². The van der Waals surface area contributed by atoms with E-state index in [-0.39, 0.29) is 42.4 Å². The van der Waals surface area contributed by atoms with E-state index >= 15 is 4.39 Å². The van der Waals surface area contributed by atoms with Crippen molar-refractivity contribution in [1.29, 1.82) is 5.26 Å². The third kappa shape index (κ3) is 5.81. The lowest BCUT2D eigenvalue weighted by atomic mass is 9.79. The number of benzene rings is 3. The topological polar surface area (TPSA) is 102 Å². The van der Waals surface area contributed by atoms with E-state index in [1.54, 1.807) is 37.4 Å². The van der Waals surface area contributed by atoms with Crippen molar-refractivity contribution < 1.29 is 28.1 Å². The van der Waals surface area contributed by atoms with Crippen LogP contribution >= 0.6 is 15.9 Å². The first-order valence-corrected chi connectivity index (χ1v) is 14.6. The molecule has 6 rings (SSSR count). The summed E-state index contributed by atoms with van der Waals surface area (Å²) in [5.41, 5.74) is 1.90. The van der Waals surface area contributed by atoms with E-state index in [9.17, 15) is 9.50 Å². The van der Waals surface area contributed by atoms with Gasteiger partial charge in [0.25, 0.3) is 0 Å². The number of hydrogen-bond acceptors (Lipinski definition) is 7. The molecule has 1 aliphatic rings. The van der Waals surface area contributed by atoms with Gasteiger partial charge in [-0.15, -0.1) is 0 Å². The number of aromatic nitrogens is 3. The molecule has 3 aromatic carbocycles. The van der Waals surface area contributed by atoms with Crippen molar-refractivity contribution in [1.82, 2.24) is 14.5 Å². The maximum atomic E-state index is 16.1. The molecular weight excluding hydrogens is 634 g/mol. The summed E-state index contributed by atoms with van der Waals surface area (Å²) in [6, 6.07) is 21.6. The van der Waals surface area contributed by atoms with Crippen molar-refractivity contribution in [2.24, 2.45) is 0 Å². The van der Waals surface area contributed by atoms with Crippen LogP contribution in [-0.4, -0.2) is 52.2 Å². The van der Waals surface area contributed by atoms with Crippen LogP contribution in [0.2, 0.25) is 0 Å². The van der Waals surface area contributed by atoms with Crippen LogP contribution in [0.25, 0.3) is 22.3 Å². The molecule has 1 atom stereocenters. The molecule has 5 aromatic rings. The summed E-state index contributed by atoms with van der Waals surface area (Å²) in [5.74, 6) is -1.16. The van der Waals surface area contributed by atoms with Gasteiger partial charge in [-0.2, -0.15) is 5.26 Å². The van der Waals surface area contributed by atoms with Crippen LogP contribution in [0.5, 0.6) is 5.88 Å². The lowest BCUT2D eigenvalue weighted by molar-refractivity contribution is -0.187. The summed E-state index contributed by atoms with van der Waals surface area (Å²) in [6.45, 7) is 0.836. The van der Waals surface area contributed by atoms with Gasteiger partial charge in [0.15, 0.2) is 0 Å². The summed E-state index contributed by atoms with van der Waals surface area (Å²) in [6.07, 6.45) is 0. The molecule has 2 aromatic heterocycles. The average Bonchev–Trinajstić information content (AvgIpc) is 3.36. The second-order valence-electron chi connectivity index (χ2n) is 10.6. The molecule has 0 aliphatic carbocycles. The van der Waals surface area contributed by atoms with Crippen LogP contribution in [0, 0.1) is 23.0 Å². The molecule has 44 heavy (non-hydrogen) atoms. The van der Waals surface area contributed by atoms with Crippen molar-refractivity contribution in [3.8, 4) is 23.2 Å². The average molecular weight is 662 g/mol. The predicted octanol–water partition coefficient (Wildman–Crippen LogP) is 6.13. The molecule has 1 saturated heterocycles. The zero-order valence-corrected chi connectivity index (χ0v) is 25.2. The van der Waals surface area contributed by atoms with Gasteiger partial charge in [-0.05, 0) is 42.5 Å². The highest BCUT2D eigenvalue weighted by molar-refractivity contribution is 9.10. The summed E-state index contributed by atoms with van der Waals surface area (Å²) in [4.78, 5) is 9.35. The lowest BCUT2D eigenvalue weighted by Crippen LogP contribution is -2.55. The number of nitrogens with zero attached hydrogens (tertiary/aromatic N) is 4. The fraction of sp³-hybridized carbons (Fsp3) is 0.242. The third-order valence-electron chi connectivity index (χ3n) is 7.65. The van der Waals surface area contributed by atoms with Gasteiger partial charge in [-0.25, -0.2) is 18.7 Å². The van der Waals surface area contributed by atoms with Crippen molar-refractivity contribution in [2.45, 2.75) is 24.7 Å². The van der Waals surface area contributed by atoms with Gasteiger partial charge in [0.1, 0.15) is 29.7 Å². The highest BCUT2D eigenvalue weighted by atomic mass is 79.9. The SMILES string of the molecule is COCCn1c(C(c2ccc(-c3cccc(OCc4ccc(C#N)cc4F)n3)cc2F)C2(O)COC2)nc2ccc(Br)cc21. The number of hydrogen-bond donors (Lipinski definition) is 1. The largest absolute Gasteiger partial charge is 0.473 e. The second kappa shape index (κ2) is 12.4. The molecule has 1 unspecified atom stereocenters. The van der Waals surface area contributed by atoms with Crippen LogP contribution in [0.15, 0.2) is 77.3 Å². The third-order valence-corrected chi connectivity index (χ3v) is 8.14. The Morgan fingerprint density at radius 3 is 2.61 bits per heavy atom. The molecule has 0 spiro atoms. The summed E-state index contributed by atoms with van der Waals surface area (Å²) in [7, 11) is 1.61. The number of fused-ring (bicyclic) bond motifs is 1. The maximum absolute atomic E-state index is 16.1. The molecule has 0 bridgehead atoms. The molecule has 1 fully saturated rings. The Labute approximate surface area is 260 Å². The molecule has 11 heteroatoms. The van der Waals surface area contributed by atoms with Crippen molar-refractivity contribution >= 4 is 27.0 Å². The monoisotopic (exact) mass is 660 g/mol. The van der Waals surface area contributed by atoms with E-state index < -0.39 is 23.2 Å². The number of methoxy groups -OCH3 is 1. The number of nitriles is 1. The molecule has 224 valence electrons. The van der Waals surface area contributed by atoms with Gasteiger partial charge in [-0.3, -0.25) is 0 Å². The Kier molecular flexibility index (Phi) is 8.42. The van der Waals surface area contributed by atoms with Crippen LogP contribution in [0.4, 0.5) is 8.78 Å². The molecule has 1 aliphatic heterocycles. The van der Waals surface area contributed by atoms with Gasteiger partial charge < -0.3 is 23.9 Å². The number of pyridine rings is 1. The fourth-order valence-corrected chi connectivity index (χ4v) is 5.71. The first-order valence-electron chi connectivity index (χ1n) is 13.8. The lowest BCUT2D eigenvalue weighted by Gasteiger charge is -2.42. The first kappa shape index (κ1) is 29.8. The quantitative estimate of drug-likeness (QED) is 0.192. The highest BCUT2D eigenvalue weighted by Crippen LogP contribution is 2.42. The Morgan fingerprint density at radius 2 is 1.91 bits per heavy atom. The number of aliphatic hydroxyl groups is 1. The minimum Gasteiger partial charge on any atom is -0.473 e. The van der Waals surface area contributed by atoms with Gasteiger partial charge in [0, 0.05) is 40.9 Å². The van der Waals surface area contributed by atoms with E-state index in [1.807, 2.05) is 28.8 Å². The Hall–Kier alpha value is -4.21. The van der Waals surface area contributed by atoms with E-state index in [0.717, 1.165) is 16.1 Å². The molecular formula is C33H27BrF2N4O4. The van der Waals surface area contributed by atoms with Gasteiger partial charge >= 0.3 is 0 Å². The zero-order chi connectivity index (χ0) is 30.8. The molecule has 0 radical (unpaired) electrons. The zero-order valence-electron chi connectivity index (χ0n) is 23.6. The minimum atomic E-state index is -1.36. The highest BCUT2D eigenvalue weighted by Gasteiger charge is 2.48. The first-order chi connectivity index (χ1) is 21.3. The Morgan fingerprint density at radius 1 is 1.07 bits per heavy atom. The van der Waals surface area contributed by atoms with Crippen molar-refractivity contribution in [2.75, 3.05) is 26.9 Å². The molecule has 0 saturated carbocycles. The normalized spacial score (nSPS) is 14.6. The van der Waals surface area contributed by atoms with E-state index in [2.05, 4.69) is 20.9 Å². The number of ether oxygens (including phenoxy) is 3. The summed E-state index contributed by atoms with van der Waals surface area (Å²) < 4.78 is 49.7. The van der Waals surface area contributed by atoms with Crippen LogP contribution in [0.1, 0.15) is 28.4 Å². The van der Waals surface area contributed by atoms with Crippen molar-refractivity contribution in [3.63, 3.8) is 0 Å². The van der Waals surface area contributed by atoms with Gasteiger partial charge in [0.05, 0.1) is 54.1 Å². The van der Waals surface area contributed by atoms with Crippen LogP contribution in [0.3, 0.4) is 0 Å². The predicted molar refractivity (Wildman–Crippen MR) is 162 cm³/mol. The number of imidazole rings is 1. The molecule has 0 amide bonds. The van der Waals surface area contributed by atoms with Crippen molar-refractivity contribution in [3.05, 3.63) is 111 Å². The van der Waals surface area contributed by atoms with Gasteiger partial charge in [-0.1, -0.05) is 40.2 Å². The summed E-state index contributed by atoms with van der Waals surface area (Å²) in [5, 5.41) is 20.5. The van der Waals surface area contributed by atoms with Crippen LogP contribution in [-0.2, 0) is 22.6 Å². The van der Waals surface area contributed by atoms with Crippen LogP contribution < -0.4 is 4.74 Å². The second-order valence-corrected chi connectivity index (χ2v) is 11.5. The maximum Gasteiger partial charge on any atom is 0.214 e. The Balaban J connectivity index is 1.33. The minimum absolute atomic E-state index is 0.0385. The number of halogens is 3. The van der Waals surface area contributed by atoms with E-state index in [0.29, 0.717) is 35.8 Å². The standard InChI is InChI=1S/C33H27BrF2N4O4/c1-42-12-11-40-29-15-23(34)8-10-28(29)39-32(40)31(33(41)18-43-19-33)24-9-7-21(14-26(24)36)27-3-2-4-30(38-27)44-17-22-6-5-20(16-37)13-25(22)35/h2-10,13-15,31,41H,11-12,17-19H2,1H3. The smallest absolute Gasteiger partial charge is 0.214 e. The molecule has 1 N–H and O–H groups in total. The molecule has 3 heterocycles. The summed E-state index contributed by atoms with van der Waals surface area (Å²) >= 11 is 3.52. The fourth-order valence-electron chi connectivity index (χ4n) is 5.36. The number of rotatable bonds is 10. The Bertz CT molecular complexity index is 1890. The van der Waals surface area contributed by atoms with Gasteiger partial charge in [0.2, 0.25) is 5.88 Å². The van der Waals surface area contributed by atoms with E-state index in [4.69, 9.17) is 24.5 Å². The molecule has 8 nitrogen and oxygen atoms in total.